The van der Waals surface area contributed by atoms with Crippen LogP contribution in [0.1, 0.15) is 26.7 Å². The predicted molar refractivity (Wildman–Crippen MR) is 115 cm³/mol. The van der Waals surface area contributed by atoms with E-state index in [0.717, 1.165) is 0 Å². The van der Waals surface area contributed by atoms with Gasteiger partial charge in [-0.25, -0.2) is 4.79 Å². The third-order valence-corrected chi connectivity index (χ3v) is 5.43. The first-order chi connectivity index (χ1) is 13.6. The van der Waals surface area contributed by atoms with Gasteiger partial charge in [0, 0.05) is 5.75 Å². The largest absolute Gasteiger partial charge is 0.480 e. The zero-order valence-electron chi connectivity index (χ0n) is 16.9. The third-order valence-electron chi connectivity index (χ3n) is 4.42. The van der Waals surface area contributed by atoms with Gasteiger partial charge in [-0.15, -0.1) is 0 Å². The summed E-state index contributed by atoms with van der Waals surface area (Å²) in [5, 5.41) is 25.3. The number of carboxylic acid groups (broad SMARTS) is 1. The van der Waals surface area contributed by atoms with Crippen LogP contribution in [0.5, 0.6) is 0 Å². The molecule has 5 unspecified atom stereocenters. The van der Waals surface area contributed by atoms with Gasteiger partial charge in [-0.2, -0.15) is 24.4 Å². The number of nitrogens with one attached hydrogen (secondary N) is 3. The molecule has 0 aromatic rings. The van der Waals surface area contributed by atoms with Crippen molar-refractivity contribution >= 4 is 48.1 Å². The summed E-state index contributed by atoms with van der Waals surface area (Å²) in [5.41, 5.74) is 5.87. The normalized spacial score (nSPS) is 16.1. The highest BCUT2D eigenvalue weighted by molar-refractivity contribution is 7.98. The van der Waals surface area contributed by atoms with Gasteiger partial charge in [-0.3, -0.25) is 14.4 Å². The van der Waals surface area contributed by atoms with Crippen LogP contribution in [0.2, 0.25) is 0 Å². The first-order valence-corrected chi connectivity index (χ1v) is 11.3. The summed E-state index contributed by atoms with van der Waals surface area (Å²) in [4.78, 5) is 48.2. The Labute approximate surface area is 180 Å². The second-order valence-corrected chi connectivity index (χ2v) is 7.93. The molecule has 0 aliphatic heterocycles. The number of thiol groups is 1. The Kier molecular flexibility index (Phi) is 13.7. The van der Waals surface area contributed by atoms with Gasteiger partial charge in [0.15, 0.2) is 0 Å². The SMILES string of the molecule is CCC(C)C(N)C(=O)NC(CS)C(=O)NC(CCSC)C(=O)NC(CO)C(=O)O. The Morgan fingerprint density at radius 1 is 1.03 bits per heavy atom. The lowest BCUT2D eigenvalue weighted by molar-refractivity contribution is -0.143. The van der Waals surface area contributed by atoms with Crippen molar-refractivity contribution in [2.24, 2.45) is 11.7 Å². The minimum Gasteiger partial charge on any atom is -0.480 e. The molecule has 7 N–H and O–H groups in total. The molecule has 0 aromatic heterocycles. The van der Waals surface area contributed by atoms with Crippen molar-refractivity contribution in [1.29, 1.82) is 0 Å². The average molecular weight is 453 g/mol. The smallest absolute Gasteiger partial charge is 0.328 e. The number of thioether (sulfide) groups is 1. The van der Waals surface area contributed by atoms with E-state index < -0.39 is 54.5 Å². The number of aliphatic hydroxyl groups excluding tert-OH is 1. The zero-order valence-corrected chi connectivity index (χ0v) is 18.6. The molecule has 5 atom stereocenters. The molecule has 10 nitrogen and oxygen atoms in total. The van der Waals surface area contributed by atoms with E-state index in [1.807, 2.05) is 20.1 Å². The molecule has 0 radical (unpaired) electrons. The lowest BCUT2D eigenvalue weighted by Crippen LogP contribution is -2.58. The van der Waals surface area contributed by atoms with E-state index in [2.05, 4.69) is 28.6 Å². The Hall–Kier alpha value is -1.50. The maximum Gasteiger partial charge on any atom is 0.328 e. The molecule has 0 aliphatic rings. The minimum atomic E-state index is -1.48. The molecule has 29 heavy (non-hydrogen) atoms. The predicted octanol–water partition coefficient (Wildman–Crippen LogP) is -1.43. The first-order valence-electron chi connectivity index (χ1n) is 9.22. The van der Waals surface area contributed by atoms with Crippen LogP contribution in [-0.4, -0.2) is 82.4 Å². The highest BCUT2D eigenvalue weighted by atomic mass is 32.2. The van der Waals surface area contributed by atoms with Gasteiger partial charge in [0.2, 0.25) is 17.7 Å². The van der Waals surface area contributed by atoms with Crippen LogP contribution in [0.15, 0.2) is 0 Å². The fourth-order valence-corrected chi connectivity index (χ4v) is 2.94. The van der Waals surface area contributed by atoms with E-state index in [0.29, 0.717) is 12.2 Å². The summed E-state index contributed by atoms with van der Waals surface area (Å²) < 4.78 is 0. The summed E-state index contributed by atoms with van der Waals surface area (Å²) in [6.07, 6.45) is 2.74. The number of aliphatic hydroxyl groups is 1. The Balaban J connectivity index is 5.14. The number of carboxylic acids is 1. The number of carbonyl (C=O) groups excluding carboxylic acids is 3. The molecule has 0 spiro atoms. The molecule has 0 heterocycles. The van der Waals surface area contributed by atoms with Gasteiger partial charge in [0.1, 0.15) is 18.1 Å². The first kappa shape index (κ1) is 27.5. The molecular weight excluding hydrogens is 420 g/mol. The fourth-order valence-electron chi connectivity index (χ4n) is 2.21. The molecule has 3 amide bonds. The number of carbonyl (C=O) groups is 4. The number of hydrogen-bond acceptors (Lipinski definition) is 8. The molecule has 0 aliphatic carbocycles. The van der Waals surface area contributed by atoms with Crippen molar-refractivity contribution in [3.63, 3.8) is 0 Å². The molecule has 168 valence electrons. The van der Waals surface area contributed by atoms with Crippen molar-refractivity contribution in [3.05, 3.63) is 0 Å². The third kappa shape index (κ3) is 9.70. The van der Waals surface area contributed by atoms with Crippen molar-refractivity contribution in [2.75, 3.05) is 24.4 Å². The van der Waals surface area contributed by atoms with Gasteiger partial charge in [-0.05, 0) is 24.3 Å². The maximum atomic E-state index is 12.6. The molecule has 0 saturated carbocycles. The van der Waals surface area contributed by atoms with E-state index in [1.54, 1.807) is 0 Å². The Morgan fingerprint density at radius 2 is 1.55 bits per heavy atom. The van der Waals surface area contributed by atoms with Crippen LogP contribution in [0.25, 0.3) is 0 Å². The quantitative estimate of drug-likeness (QED) is 0.157. The van der Waals surface area contributed by atoms with Crippen LogP contribution < -0.4 is 21.7 Å². The zero-order chi connectivity index (χ0) is 22.6. The monoisotopic (exact) mass is 452 g/mol. The summed E-state index contributed by atoms with van der Waals surface area (Å²) in [7, 11) is 0. The van der Waals surface area contributed by atoms with Crippen LogP contribution >= 0.6 is 24.4 Å². The molecule has 0 fully saturated rings. The van der Waals surface area contributed by atoms with Crippen LogP contribution in [0.3, 0.4) is 0 Å². The lowest BCUT2D eigenvalue weighted by atomic mass is 9.99. The molecule has 0 rings (SSSR count). The number of nitrogens with two attached hydrogens (primary N) is 1. The molecule has 0 saturated heterocycles. The van der Waals surface area contributed by atoms with Gasteiger partial charge in [-0.1, -0.05) is 20.3 Å². The average Bonchev–Trinajstić information content (AvgIpc) is 2.70. The van der Waals surface area contributed by atoms with Crippen molar-refractivity contribution in [1.82, 2.24) is 16.0 Å². The molecule has 0 bridgehead atoms. The second kappa shape index (κ2) is 14.5. The molecular formula is C17H32N4O6S2. The van der Waals surface area contributed by atoms with Crippen molar-refractivity contribution in [2.45, 2.75) is 50.9 Å². The van der Waals surface area contributed by atoms with Crippen LogP contribution in [0.4, 0.5) is 0 Å². The maximum absolute atomic E-state index is 12.6. The van der Waals surface area contributed by atoms with Gasteiger partial charge in [0.05, 0.1) is 12.6 Å². The van der Waals surface area contributed by atoms with Gasteiger partial charge >= 0.3 is 5.97 Å². The second-order valence-electron chi connectivity index (χ2n) is 6.58. The molecule has 0 aromatic carbocycles. The highest BCUT2D eigenvalue weighted by Crippen LogP contribution is 2.07. The van der Waals surface area contributed by atoms with Crippen molar-refractivity contribution in [3.8, 4) is 0 Å². The summed E-state index contributed by atoms with van der Waals surface area (Å²) in [5.74, 6) is -2.84. The van der Waals surface area contributed by atoms with Crippen LogP contribution in [0, 0.1) is 5.92 Å². The number of aliphatic carboxylic acids is 1. The molecule has 12 heteroatoms. The van der Waals surface area contributed by atoms with Gasteiger partial charge < -0.3 is 31.9 Å². The lowest BCUT2D eigenvalue weighted by Gasteiger charge is -2.25. The minimum absolute atomic E-state index is 0.0178. The van der Waals surface area contributed by atoms with Crippen molar-refractivity contribution < 1.29 is 29.4 Å². The fraction of sp³-hybridized carbons (Fsp3) is 0.765. The number of hydrogen-bond donors (Lipinski definition) is 7. The van der Waals surface area contributed by atoms with E-state index in [4.69, 9.17) is 15.9 Å². The van der Waals surface area contributed by atoms with E-state index in [1.165, 1.54) is 11.8 Å². The van der Waals surface area contributed by atoms with E-state index in [-0.39, 0.29) is 18.1 Å². The van der Waals surface area contributed by atoms with Crippen LogP contribution in [-0.2, 0) is 19.2 Å². The Morgan fingerprint density at radius 3 is 2.00 bits per heavy atom. The summed E-state index contributed by atoms with van der Waals surface area (Å²) in [6.45, 7) is 2.93. The van der Waals surface area contributed by atoms with E-state index >= 15 is 0 Å². The standard InChI is InChI=1S/C17H32N4O6S2/c1-4-9(2)13(18)16(25)21-12(8-28)15(24)19-10(5-6-29-3)14(23)20-11(7-22)17(26)27/h9-13,22,28H,4-8,18H2,1-3H3,(H,19,24)(H,20,23)(H,21,25)(H,26,27). The highest BCUT2D eigenvalue weighted by Gasteiger charge is 2.30. The number of rotatable bonds is 14. The van der Waals surface area contributed by atoms with E-state index in [9.17, 15) is 19.2 Å². The topological polar surface area (TPSA) is 171 Å². The number of amides is 3. The summed E-state index contributed by atoms with van der Waals surface area (Å²) >= 11 is 5.52. The van der Waals surface area contributed by atoms with Gasteiger partial charge in [0.25, 0.3) is 0 Å². The summed E-state index contributed by atoms with van der Waals surface area (Å²) in [6, 6.07) is -4.32. The Bertz CT molecular complexity index is 566.